The lowest BCUT2D eigenvalue weighted by Gasteiger charge is -2.14. The van der Waals surface area contributed by atoms with Gasteiger partial charge < -0.3 is 0 Å². The van der Waals surface area contributed by atoms with Gasteiger partial charge in [0.05, 0.1) is 0 Å². The van der Waals surface area contributed by atoms with E-state index in [-0.39, 0.29) is 5.56 Å². The summed E-state index contributed by atoms with van der Waals surface area (Å²) >= 11 is 0. The minimum atomic E-state index is -4.47. The van der Waals surface area contributed by atoms with Crippen molar-refractivity contribution in [1.29, 1.82) is 0 Å². The van der Waals surface area contributed by atoms with Crippen molar-refractivity contribution in [1.82, 2.24) is 0 Å². The van der Waals surface area contributed by atoms with E-state index < -0.39 is 17.9 Å². The van der Waals surface area contributed by atoms with Crippen LogP contribution in [0.4, 0.5) is 13.2 Å². The molecule has 0 heterocycles. The highest BCUT2D eigenvalue weighted by atomic mass is 19.4. The van der Waals surface area contributed by atoms with Crippen molar-refractivity contribution in [3.05, 3.63) is 35.4 Å². The van der Waals surface area contributed by atoms with Gasteiger partial charge in [-0.05, 0) is 13.8 Å². The summed E-state index contributed by atoms with van der Waals surface area (Å²) in [4.78, 5) is 11.4. The van der Waals surface area contributed by atoms with Crippen molar-refractivity contribution in [2.45, 2.75) is 20.0 Å². The van der Waals surface area contributed by atoms with Gasteiger partial charge in [-0.15, -0.1) is 0 Å². The largest absolute Gasteiger partial charge is 0.398 e. The molecule has 0 amide bonds. The molecule has 1 atom stereocenters. The van der Waals surface area contributed by atoms with Crippen molar-refractivity contribution in [3.8, 4) is 0 Å². The van der Waals surface area contributed by atoms with Gasteiger partial charge in [-0.25, -0.2) is 0 Å². The quantitative estimate of drug-likeness (QED) is 0.692. The first-order valence-corrected chi connectivity index (χ1v) is 4.50. The lowest BCUT2D eigenvalue weighted by Crippen LogP contribution is -2.27. The number of carbonyl (C=O) groups is 1. The van der Waals surface area contributed by atoms with Crippen LogP contribution in [0.15, 0.2) is 24.3 Å². The predicted octanol–water partition coefficient (Wildman–Crippen LogP) is 3.38. The van der Waals surface area contributed by atoms with Crippen LogP contribution < -0.4 is 0 Å². The van der Waals surface area contributed by atoms with Gasteiger partial charge in [0.15, 0.2) is 5.78 Å². The summed E-state index contributed by atoms with van der Waals surface area (Å²) < 4.78 is 36.7. The first-order chi connectivity index (χ1) is 6.82. The zero-order valence-corrected chi connectivity index (χ0v) is 8.43. The van der Waals surface area contributed by atoms with E-state index in [0.29, 0.717) is 0 Å². The third-order valence-corrected chi connectivity index (χ3v) is 2.22. The van der Waals surface area contributed by atoms with Crippen molar-refractivity contribution in [2.24, 2.45) is 5.92 Å². The first-order valence-electron chi connectivity index (χ1n) is 4.50. The van der Waals surface area contributed by atoms with E-state index in [2.05, 4.69) is 0 Å². The number of ketones is 1. The van der Waals surface area contributed by atoms with Crippen molar-refractivity contribution in [2.75, 3.05) is 0 Å². The number of alkyl halides is 3. The van der Waals surface area contributed by atoms with E-state index in [1.165, 1.54) is 12.1 Å². The number of Topliss-reactive ketones (excluding diaryl/α,β-unsaturated/α-hetero) is 1. The van der Waals surface area contributed by atoms with Crippen LogP contribution >= 0.6 is 0 Å². The van der Waals surface area contributed by atoms with E-state index in [9.17, 15) is 18.0 Å². The predicted molar refractivity (Wildman–Crippen MR) is 50.7 cm³/mol. The van der Waals surface area contributed by atoms with Gasteiger partial charge in [0, 0.05) is 5.56 Å². The lowest BCUT2D eigenvalue weighted by molar-refractivity contribution is -0.155. The highest BCUT2D eigenvalue weighted by Gasteiger charge is 2.41. The molecule has 1 nitrogen and oxygen atoms in total. The smallest absolute Gasteiger partial charge is 0.294 e. The molecule has 1 unspecified atom stereocenters. The Morgan fingerprint density at radius 2 is 1.67 bits per heavy atom. The monoisotopic (exact) mass is 216 g/mol. The Bertz CT molecular complexity index is 351. The van der Waals surface area contributed by atoms with E-state index in [4.69, 9.17) is 0 Å². The standard InChI is InChI=1S/C11H11F3O/c1-7-3-5-9(6-4-7)10(15)8(2)11(12,13)14/h3-6,8H,1-2H3. The maximum Gasteiger partial charge on any atom is 0.398 e. The summed E-state index contributed by atoms with van der Waals surface area (Å²) in [5.41, 5.74) is 1.01. The molecular weight excluding hydrogens is 205 g/mol. The molecule has 82 valence electrons. The zero-order valence-electron chi connectivity index (χ0n) is 8.43. The van der Waals surface area contributed by atoms with Crippen LogP contribution in [0.5, 0.6) is 0 Å². The van der Waals surface area contributed by atoms with Crippen molar-refractivity contribution in [3.63, 3.8) is 0 Å². The van der Waals surface area contributed by atoms with Gasteiger partial charge >= 0.3 is 6.18 Å². The molecule has 0 aromatic heterocycles. The van der Waals surface area contributed by atoms with Gasteiger partial charge in [0.2, 0.25) is 0 Å². The number of rotatable bonds is 2. The second kappa shape index (κ2) is 4.04. The minimum Gasteiger partial charge on any atom is -0.294 e. The van der Waals surface area contributed by atoms with Gasteiger partial charge in [-0.1, -0.05) is 29.8 Å². The van der Waals surface area contributed by atoms with Crippen LogP contribution in [0.25, 0.3) is 0 Å². The molecule has 0 bridgehead atoms. The Morgan fingerprint density at radius 3 is 2.07 bits per heavy atom. The molecule has 15 heavy (non-hydrogen) atoms. The second-order valence-electron chi connectivity index (χ2n) is 3.49. The molecule has 4 heteroatoms. The molecule has 0 aliphatic rings. The Balaban J connectivity index is 2.90. The number of carbonyl (C=O) groups excluding carboxylic acids is 1. The van der Waals surface area contributed by atoms with E-state index in [1.807, 2.05) is 0 Å². The third kappa shape index (κ3) is 2.81. The number of halogens is 3. The van der Waals surface area contributed by atoms with Gasteiger partial charge in [-0.3, -0.25) is 4.79 Å². The number of hydrogen-bond donors (Lipinski definition) is 0. The molecule has 0 radical (unpaired) electrons. The topological polar surface area (TPSA) is 17.1 Å². The maximum absolute atomic E-state index is 12.2. The Morgan fingerprint density at radius 1 is 1.20 bits per heavy atom. The SMILES string of the molecule is Cc1ccc(C(=O)C(C)C(F)(F)F)cc1. The van der Waals surface area contributed by atoms with Gasteiger partial charge in [0.25, 0.3) is 0 Å². The molecule has 1 aromatic carbocycles. The van der Waals surface area contributed by atoms with E-state index >= 15 is 0 Å². The third-order valence-electron chi connectivity index (χ3n) is 2.22. The number of hydrogen-bond acceptors (Lipinski definition) is 1. The molecule has 0 saturated carbocycles. The fourth-order valence-corrected chi connectivity index (χ4v) is 1.12. The molecule has 0 spiro atoms. The van der Waals surface area contributed by atoms with Crippen molar-refractivity contribution >= 4 is 5.78 Å². The summed E-state index contributed by atoms with van der Waals surface area (Å²) in [5, 5.41) is 0. The molecule has 0 aliphatic carbocycles. The van der Waals surface area contributed by atoms with Crippen LogP contribution in [-0.2, 0) is 0 Å². The molecular formula is C11H11F3O. The summed E-state index contributed by atoms with van der Waals surface area (Å²) in [7, 11) is 0. The van der Waals surface area contributed by atoms with Crippen LogP contribution in [0.3, 0.4) is 0 Å². The Hall–Kier alpha value is -1.32. The average Bonchev–Trinajstić information content (AvgIpc) is 2.15. The summed E-state index contributed by atoms with van der Waals surface area (Å²) in [6, 6.07) is 6.08. The lowest BCUT2D eigenvalue weighted by atomic mass is 9.98. The van der Waals surface area contributed by atoms with Crippen molar-refractivity contribution < 1.29 is 18.0 Å². The molecule has 1 aromatic rings. The highest BCUT2D eigenvalue weighted by molar-refractivity contribution is 5.98. The summed E-state index contributed by atoms with van der Waals surface area (Å²) in [6.45, 7) is 2.68. The Kier molecular flexibility index (Phi) is 3.17. The van der Waals surface area contributed by atoms with E-state index in [0.717, 1.165) is 12.5 Å². The first kappa shape index (κ1) is 11.8. The van der Waals surface area contributed by atoms with Crippen LogP contribution in [-0.4, -0.2) is 12.0 Å². The van der Waals surface area contributed by atoms with Crippen LogP contribution in [0.1, 0.15) is 22.8 Å². The average molecular weight is 216 g/mol. The Labute approximate surface area is 85.9 Å². The minimum absolute atomic E-state index is 0.102. The zero-order chi connectivity index (χ0) is 11.6. The normalized spacial score (nSPS) is 13.7. The molecule has 0 fully saturated rings. The van der Waals surface area contributed by atoms with E-state index in [1.54, 1.807) is 19.1 Å². The maximum atomic E-state index is 12.2. The van der Waals surface area contributed by atoms with Gasteiger partial charge in [0.1, 0.15) is 5.92 Å². The fraction of sp³-hybridized carbons (Fsp3) is 0.364. The molecule has 0 saturated heterocycles. The number of benzene rings is 1. The summed E-state index contributed by atoms with van der Waals surface area (Å²) in [6.07, 6.45) is -4.47. The van der Waals surface area contributed by atoms with Gasteiger partial charge in [-0.2, -0.15) is 13.2 Å². The van der Waals surface area contributed by atoms with Crippen LogP contribution in [0.2, 0.25) is 0 Å². The summed E-state index contributed by atoms with van der Waals surface area (Å²) in [5.74, 6) is -2.83. The highest BCUT2D eigenvalue weighted by Crippen LogP contribution is 2.28. The molecule has 1 rings (SSSR count). The second-order valence-corrected chi connectivity index (χ2v) is 3.49. The van der Waals surface area contributed by atoms with Crippen LogP contribution in [0, 0.1) is 12.8 Å². The number of aryl methyl sites for hydroxylation is 1. The molecule has 0 N–H and O–H groups in total. The molecule has 0 aliphatic heterocycles. The fourth-order valence-electron chi connectivity index (χ4n) is 1.12.